The van der Waals surface area contributed by atoms with Crippen molar-refractivity contribution in [3.8, 4) is 6.07 Å². The van der Waals surface area contributed by atoms with E-state index >= 15 is 0 Å². The van der Waals surface area contributed by atoms with Gasteiger partial charge in [0.15, 0.2) is 0 Å². The van der Waals surface area contributed by atoms with Crippen LogP contribution >= 0.6 is 34.8 Å². The van der Waals surface area contributed by atoms with Crippen LogP contribution in [-0.4, -0.2) is 76.0 Å². The zero-order valence-corrected chi connectivity index (χ0v) is 58.4. The van der Waals surface area contributed by atoms with Crippen LogP contribution in [-0.2, 0) is 72.2 Å². The lowest BCUT2D eigenvalue weighted by molar-refractivity contribution is -0.165. The summed E-state index contributed by atoms with van der Waals surface area (Å²) in [6, 6.07) is 35.2. The Hall–Kier alpha value is -8.84. The zero-order chi connectivity index (χ0) is 77.0. The Morgan fingerprint density at radius 3 is 1.03 bits per heavy atom. The van der Waals surface area contributed by atoms with Crippen molar-refractivity contribution in [2.45, 2.75) is 125 Å². The van der Waals surface area contributed by atoms with Gasteiger partial charge in [-0.05, 0) is 196 Å². The summed E-state index contributed by atoms with van der Waals surface area (Å²) in [5, 5.41) is 32.9. The minimum absolute atomic E-state index is 0.0321. The van der Waals surface area contributed by atoms with Crippen LogP contribution in [0.5, 0.6) is 0 Å². The molecule has 0 atom stereocenters. The Bertz CT molecular complexity index is 3960. The second kappa shape index (κ2) is 37.2. The first-order valence-corrected chi connectivity index (χ1v) is 34.0. The SMILES string of the molecule is CCOC(=O)C1CC(F)(c2cccc(F)c2)C1.CCOC(=O)C1CC(O)(c2cccc(F)c2)C1.N#CC1CC(F)(c2cccc(F)c2)C1.N/C(=N/O)C1CC(F)(c2cccc(F)c2)C1.N/C(=N/OC(=O)CCl)C1CC(F)(c2cccc(F)c2)C1.NC(=O)C1CC(F)(c2cccc(F)c2)C1.O=C(Cl)CCl. The lowest BCUT2D eigenvalue weighted by atomic mass is 9.67. The molecule has 6 aliphatic rings. The molecule has 6 aliphatic carbocycles. The summed E-state index contributed by atoms with van der Waals surface area (Å²) < 4.78 is 158. The minimum Gasteiger partial charge on any atom is -0.466 e. The first kappa shape index (κ1) is 84.1. The summed E-state index contributed by atoms with van der Waals surface area (Å²) in [6.45, 7) is 4.10. The second-order valence-electron chi connectivity index (χ2n) is 25.7. The van der Waals surface area contributed by atoms with Gasteiger partial charge in [0.2, 0.25) is 11.1 Å². The molecule has 6 saturated carbocycles. The van der Waals surface area contributed by atoms with Gasteiger partial charge in [-0.3, -0.25) is 19.2 Å². The molecule has 12 rings (SSSR count). The predicted molar refractivity (Wildman–Crippen MR) is 364 cm³/mol. The molecule has 104 heavy (non-hydrogen) atoms. The summed E-state index contributed by atoms with van der Waals surface area (Å²) >= 11 is 14.8. The van der Waals surface area contributed by atoms with Gasteiger partial charge in [-0.1, -0.05) is 83.1 Å². The normalized spacial score (nSPS) is 27.3. The van der Waals surface area contributed by atoms with Gasteiger partial charge >= 0.3 is 17.9 Å². The number of nitrogens with two attached hydrogens (primary N) is 3. The van der Waals surface area contributed by atoms with E-state index in [4.69, 9.17) is 71.9 Å². The van der Waals surface area contributed by atoms with Gasteiger partial charge in [-0.2, -0.15) is 5.26 Å². The molecule has 8 N–H and O–H groups in total. The predicted octanol–water partition coefficient (Wildman–Crippen LogP) is 15.4. The van der Waals surface area contributed by atoms with Gasteiger partial charge in [0.1, 0.15) is 80.8 Å². The molecule has 0 aliphatic heterocycles. The highest BCUT2D eigenvalue weighted by molar-refractivity contribution is 6.67. The number of hydrogen-bond donors (Lipinski definition) is 5. The number of nitrogens with zero attached hydrogens (tertiary/aromatic N) is 3. The first-order valence-electron chi connectivity index (χ1n) is 32.6. The molecule has 0 saturated heterocycles. The topological polar surface area (TPSA) is 280 Å². The summed E-state index contributed by atoms with van der Waals surface area (Å²) in [5.74, 6) is -6.82. The fraction of sp³-hybridized carbons (Fsp3) is 0.405. The second-order valence-corrected chi connectivity index (χ2v) is 26.7. The molecule has 16 nitrogen and oxygen atoms in total. The number of esters is 2. The maximum Gasteiger partial charge on any atom is 0.349 e. The van der Waals surface area contributed by atoms with E-state index in [2.05, 4.69) is 15.1 Å². The number of alkyl halides is 7. The zero-order valence-electron chi connectivity index (χ0n) is 56.2. The molecular weight excluding hydrogens is 1450 g/mol. The number of amidine groups is 2. The number of carbonyl (C=O) groups is 5. The summed E-state index contributed by atoms with van der Waals surface area (Å²) in [5.41, 5.74) is 9.17. The Morgan fingerprint density at radius 1 is 0.471 bits per heavy atom. The molecule has 0 aromatic heterocycles. The number of aliphatic hydroxyl groups is 1. The molecule has 560 valence electrons. The van der Waals surface area contributed by atoms with Crippen LogP contribution in [0, 0.1) is 81.7 Å². The van der Waals surface area contributed by atoms with Crippen molar-refractivity contribution in [2.24, 2.45) is 63.0 Å². The maximum atomic E-state index is 14.5. The standard InChI is InChI=1S/C13H13ClF2N2O2.C13H14F2O2.C13H15FO3.C11H12F2N2O.C11H11F2NO.C11H9F2N.C2H2Cl2O/c14-7-11(19)20-18-12(17)8-5-13(16,6-8)9-2-1-3-10(15)4-9;1-2-17-12(16)9-7-13(15,8-9)10-4-3-5-11(14)6-10;1-2-17-12(15)9-7-13(16,8-9)10-4-3-5-11(14)6-10;12-9-3-1-2-8(4-9)11(13)5-7(6-11)10(14)15-16;12-9-3-1-2-8(4-9)11(13)5-7(6-11)10(14)15;12-10-3-1-2-9(4-10)11(13)5-8(6-11)7-14;3-1-2(4)5/h1-4,8H,5-7H2,(H2,17,18);3-6,9H,2,7-8H2,1H3;3-6,9,16H,2,7-8H2,1H3;1-4,7,16H,5-6H2,(H2,14,15);1-4,7H,5-6H2,(H2,14,15);1-4,8H,5-6H2;1H2. The smallest absolute Gasteiger partial charge is 0.349 e. The average molecular weight is 1520 g/mol. The van der Waals surface area contributed by atoms with Crippen LogP contribution < -0.4 is 17.2 Å². The highest BCUT2D eigenvalue weighted by Crippen LogP contribution is 2.53. The van der Waals surface area contributed by atoms with E-state index in [1.165, 1.54) is 103 Å². The Morgan fingerprint density at radius 2 is 0.750 bits per heavy atom. The van der Waals surface area contributed by atoms with Crippen LogP contribution in [0.2, 0.25) is 0 Å². The van der Waals surface area contributed by atoms with E-state index in [-0.39, 0.29) is 135 Å². The third-order valence-corrected chi connectivity index (χ3v) is 18.9. The fourth-order valence-corrected chi connectivity index (χ4v) is 12.3. The summed E-state index contributed by atoms with van der Waals surface area (Å²) in [7, 11) is 0. The Labute approximate surface area is 607 Å². The summed E-state index contributed by atoms with van der Waals surface area (Å²) in [6.07, 6.45) is 1.67. The third kappa shape index (κ3) is 22.8. The molecule has 0 heterocycles. The molecule has 0 radical (unpaired) electrons. The summed E-state index contributed by atoms with van der Waals surface area (Å²) in [4.78, 5) is 58.2. The highest BCUT2D eigenvalue weighted by atomic mass is 35.5. The fourth-order valence-electron chi connectivity index (χ4n) is 12.2. The van der Waals surface area contributed by atoms with Crippen LogP contribution in [0.25, 0.3) is 0 Å². The molecule has 6 aromatic rings. The van der Waals surface area contributed by atoms with Crippen molar-refractivity contribution >= 4 is 75.5 Å². The average Bonchev–Trinajstić information content (AvgIpc) is 0.852. The van der Waals surface area contributed by atoms with Crippen molar-refractivity contribution in [2.75, 3.05) is 25.0 Å². The monoisotopic (exact) mass is 1520 g/mol. The number of hydrogen-bond acceptors (Lipinski definition) is 13. The number of benzene rings is 6. The lowest BCUT2D eigenvalue weighted by Gasteiger charge is -2.42. The van der Waals surface area contributed by atoms with Gasteiger partial charge in [0.05, 0.1) is 48.5 Å². The van der Waals surface area contributed by atoms with Gasteiger partial charge in [-0.15, -0.1) is 23.2 Å². The number of nitriles is 1. The first-order chi connectivity index (χ1) is 49.0. The molecule has 0 spiro atoms. The van der Waals surface area contributed by atoms with E-state index < -0.39 is 92.0 Å². The molecule has 0 bridgehead atoms. The van der Waals surface area contributed by atoms with Gasteiger partial charge in [0.25, 0.3) is 0 Å². The largest absolute Gasteiger partial charge is 0.466 e. The lowest BCUT2D eigenvalue weighted by Crippen LogP contribution is -2.45. The van der Waals surface area contributed by atoms with E-state index in [0.717, 1.165) is 12.1 Å². The number of amides is 1. The molecule has 6 aromatic carbocycles. The van der Waals surface area contributed by atoms with Crippen molar-refractivity contribution in [1.82, 2.24) is 0 Å². The molecule has 6 fully saturated rings. The number of halogens is 14. The Kier molecular flexibility index (Phi) is 30.1. The van der Waals surface area contributed by atoms with Crippen molar-refractivity contribution in [3.05, 3.63) is 214 Å². The molecule has 0 unspecified atom stereocenters. The van der Waals surface area contributed by atoms with Gasteiger partial charge < -0.3 is 41.8 Å². The van der Waals surface area contributed by atoms with Crippen LogP contribution in [0.4, 0.5) is 48.3 Å². The van der Waals surface area contributed by atoms with E-state index in [0.29, 0.717) is 53.9 Å². The third-order valence-electron chi connectivity index (χ3n) is 18.2. The number of carbonyl (C=O) groups excluding carboxylic acids is 5. The van der Waals surface area contributed by atoms with Crippen molar-refractivity contribution < 1.29 is 96.9 Å². The van der Waals surface area contributed by atoms with Gasteiger partial charge in [0, 0.05) is 30.6 Å². The minimum atomic E-state index is -1.62. The Balaban J connectivity index is 0.000000194. The number of ether oxygens (including phenoxy) is 2. The maximum absolute atomic E-state index is 14.5. The molecule has 30 heteroatoms. The van der Waals surface area contributed by atoms with Crippen LogP contribution in [0.3, 0.4) is 0 Å². The number of primary amides is 1. The van der Waals surface area contributed by atoms with Crippen molar-refractivity contribution in [1.29, 1.82) is 5.26 Å². The van der Waals surface area contributed by atoms with E-state index in [9.17, 15) is 77.4 Å². The highest BCUT2D eigenvalue weighted by Gasteiger charge is 2.53. The van der Waals surface area contributed by atoms with Gasteiger partial charge in [-0.25, -0.2) is 53.1 Å². The molecular formula is C74H76Cl3F11N6O10. The van der Waals surface area contributed by atoms with Crippen LogP contribution in [0.15, 0.2) is 156 Å². The molecule has 1 amide bonds. The quantitative estimate of drug-likeness (QED) is 0.00694. The number of oxime groups is 2. The number of rotatable bonds is 16. The van der Waals surface area contributed by atoms with E-state index in [1.807, 2.05) is 6.07 Å². The van der Waals surface area contributed by atoms with E-state index in [1.54, 1.807) is 44.2 Å². The van der Waals surface area contributed by atoms with Crippen LogP contribution in [0.1, 0.15) is 124 Å². The van der Waals surface area contributed by atoms with Crippen molar-refractivity contribution in [3.63, 3.8) is 0 Å².